The van der Waals surface area contributed by atoms with Gasteiger partial charge in [-0.1, -0.05) is 25.7 Å². The van der Waals surface area contributed by atoms with Gasteiger partial charge in [-0.25, -0.2) is 15.0 Å². The van der Waals surface area contributed by atoms with Crippen LogP contribution in [0.15, 0.2) is 18.6 Å². The molecule has 2 aliphatic rings. The molecule has 1 aliphatic heterocycles. The van der Waals surface area contributed by atoms with Crippen molar-refractivity contribution in [3.8, 4) is 5.88 Å². The molecule has 1 unspecified atom stereocenters. The summed E-state index contributed by atoms with van der Waals surface area (Å²) in [4.78, 5) is 13.3. The molecule has 2 fully saturated rings. The van der Waals surface area contributed by atoms with E-state index in [1.165, 1.54) is 38.5 Å². The van der Waals surface area contributed by atoms with Crippen molar-refractivity contribution < 1.29 is 14.2 Å². The van der Waals surface area contributed by atoms with Gasteiger partial charge in [-0.3, -0.25) is 0 Å². The fourth-order valence-corrected chi connectivity index (χ4v) is 4.07. The summed E-state index contributed by atoms with van der Waals surface area (Å²) >= 11 is 0. The average molecular weight is 401 g/mol. The predicted octanol–water partition coefficient (Wildman–Crippen LogP) is 4.47. The monoisotopic (exact) mass is 400 g/mol. The van der Waals surface area contributed by atoms with Gasteiger partial charge in [0.05, 0.1) is 17.8 Å². The summed E-state index contributed by atoms with van der Waals surface area (Å²) in [6, 6.07) is 2.40. The number of hydrogen-bond donors (Lipinski definition) is 1. The molecule has 29 heavy (non-hydrogen) atoms. The van der Waals surface area contributed by atoms with Gasteiger partial charge in [0.2, 0.25) is 5.88 Å². The van der Waals surface area contributed by atoms with E-state index in [0.29, 0.717) is 18.5 Å². The molecule has 4 rings (SSSR count). The van der Waals surface area contributed by atoms with Gasteiger partial charge in [0.1, 0.15) is 18.8 Å². The van der Waals surface area contributed by atoms with E-state index in [1.807, 2.05) is 13.0 Å². The number of rotatable bonds is 7. The van der Waals surface area contributed by atoms with Crippen LogP contribution >= 0.6 is 0 Å². The zero-order valence-electron chi connectivity index (χ0n) is 17.3. The minimum Gasteiger partial charge on any atom is -0.475 e. The first-order valence-corrected chi connectivity index (χ1v) is 11.0. The van der Waals surface area contributed by atoms with Crippen LogP contribution in [0.3, 0.4) is 0 Å². The van der Waals surface area contributed by atoms with Crippen LogP contribution in [-0.2, 0) is 9.47 Å². The number of nitrogens with one attached hydrogen (secondary N) is 1. The molecule has 158 valence electrons. The highest BCUT2D eigenvalue weighted by Crippen LogP contribution is 2.26. The maximum atomic E-state index is 5.92. The molecule has 2 atom stereocenters. The highest BCUT2D eigenvalue weighted by Gasteiger charge is 2.18. The lowest BCUT2D eigenvalue weighted by Crippen LogP contribution is -2.29. The summed E-state index contributed by atoms with van der Waals surface area (Å²) in [7, 11) is 0. The van der Waals surface area contributed by atoms with Crippen molar-refractivity contribution in [3.63, 3.8) is 0 Å². The first kappa shape index (κ1) is 20.3. The lowest BCUT2D eigenvalue weighted by Gasteiger charge is -2.25. The minimum atomic E-state index is -0.115. The van der Waals surface area contributed by atoms with E-state index in [4.69, 9.17) is 14.2 Å². The van der Waals surface area contributed by atoms with E-state index in [1.54, 1.807) is 12.5 Å². The zero-order valence-corrected chi connectivity index (χ0v) is 17.3. The molecular weight excluding hydrogens is 368 g/mol. The molecule has 2 aromatic heterocycles. The molecular formula is C22H32N4O3. The van der Waals surface area contributed by atoms with Crippen LogP contribution in [0.25, 0.3) is 10.9 Å². The molecule has 0 aromatic carbocycles. The summed E-state index contributed by atoms with van der Waals surface area (Å²) in [6.45, 7) is 3.21. The lowest BCUT2D eigenvalue weighted by molar-refractivity contribution is -0.189. The average Bonchev–Trinajstić information content (AvgIpc) is 3.02. The number of nitrogens with zero attached hydrogens (tertiary/aromatic N) is 3. The second kappa shape index (κ2) is 10.2. The molecule has 1 aliphatic carbocycles. The normalized spacial score (nSPS) is 22.2. The Labute approximate surface area is 172 Å². The van der Waals surface area contributed by atoms with Gasteiger partial charge in [0, 0.05) is 24.1 Å². The van der Waals surface area contributed by atoms with Crippen molar-refractivity contribution in [1.82, 2.24) is 15.0 Å². The second-order valence-corrected chi connectivity index (χ2v) is 8.15. The molecule has 1 saturated carbocycles. The Morgan fingerprint density at radius 1 is 1.07 bits per heavy atom. The molecule has 7 nitrogen and oxygen atoms in total. The molecule has 3 heterocycles. The maximum Gasteiger partial charge on any atom is 0.214 e. The highest BCUT2D eigenvalue weighted by molar-refractivity contribution is 5.89. The molecule has 1 saturated heterocycles. The number of fused-ring (bicyclic) bond motifs is 1. The van der Waals surface area contributed by atoms with Crippen LogP contribution in [0, 0.1) is 0 Å². The summed E-state index contributed by atoms with van der Waals surface area (Å²) in [5.41, 5.74) is 0.823. The minimum absolute atomic E-state index is 0.0637. The van der Waals surface area contributed by atoms with Crippen LogP contribution in [0.2, 0.25) is 0 Å². The van der Waals surface area contributed by atoms with Crippen LogP contribution in [0.4, 0.5) is 5.82 Å². The Balaban J connectivity index is 1.39. The van der Waals surface area contributed by atoms with Gasteiger partial charge >= 0.3 is 0 Å². The van der Waals surface area contributed by atoms with Crippen LogP contribution in [0.1, 0.15) is 64.7 Å². The third kappa shape index (κ3) is 5.76. The topological polar surface area (TPSA) is 78.4 Å². The summed E-state index contributed by atoms with van der Waals surface area (Å²) in [6.07, 6.45) is 14.0. The van der Waals surface area contributed by atoms with E-state index < -0.39 is 0 Å². The van der Waals surface area contributed by atoms with E-state index in [-0.39, 0.29) is 12.4 Å². The summed E-state index contributed by atoms with van der Waals surface area (Å²) in [5.74, 6) is 1.44. The van der Waals surface area contributed by atoms with E-state index in [0.717, 1.165) is 42.6 Å². The number of pyridine rings is 1. The van der Waals surface area contributed by atoms with Crippen molar-refractivity contribution in [3.05, 3.63) is 18.6 Å². The first-order valence-electron chi connectivity index (χ1n) is 11.0. The Bertz CT molecular complexity index is 774. The fraction of sp³-hybridized carbons (Fsp3) is 0.682. The summed E-state index contributed by atoms with van der Waals surface area (Å²) < 4.78 is 17.5. The third-order valence-corrected chi connectivity index (χ3v) is 5.68. The standard InChI is InChI=1S/C22H32N4O3/c1-16(29-21-10-6-7-11-27-21)14-28-20-12-18-19(13-23-20)24-15-25-22(18)26-17-8-4-2-3-5-9-17/h12-13,15-17,21H,2-11,14H2,1H3,(H,24,25,26)/t16-,21?/m0/s1. The smallest absolute Gasteiger partial charge is 0.214 e. The lowest BCUT2D eigenvalue weighted by atomic mass is 10.1. The van der Waals surface area contributed by atoms with Gasteiger partial charge in [-0.15, -0.1) is 0 Å². The highest BCUT2D eigenvalue weighted by atomic mass is 16.7. The molecule has 0 amide bonds. The van der Waals surface area contributed by atoms with Gasteiger partial charge in [0.15, 0.2) is 6.29 Å². The number of hydrogen-bond acceptors (Lipinski definition) is 7. The number of aromatic nitrogens is 3. The third-order valence-electron chi connectivity index (χ3n) is 5.68. The van der Waals surface area contributed by atoms with Crippen molar-refractivity contribution in [2.75, 3.05) is 18.5 Å². The molecule has 2 aromatic rings. The Morgan fingerprint density at radius 3 is 2.69 bits per heavy atom. The summed E-state index contributed by atoms with van der Waals surface area (Å²) in [5, 5.41) is 4.58. The quantitative estimate of drug-likeness (QED) is 0.687. The van der Waals surface area contributed by atoms with Crippen molar-refractivity contribution in [2.45, 2.75) is 83.1 Å². The molecule has 0 bridgehead atoms. The molecule has 1 N–H and O–H groups in total. The van der Waals surface area contributed by atoms with Crippen molar-refractivity contribution in [1.29, 1.82) is 0 Å². The second-order valence-electron chi connectivity index (χ2n) is 8.15. The van der Waals surface area contributed by atoms with Gasteiger partial charge in [-0.05, 0) is 39.0 Å². The van der Waals surface area contributed by atoms with Gasteiger partial charge < -0.3 is 19.5 Å². The Kier molecular flexibility index (Phi) is 7.11. The Hall–Kier alpha value is -1.99. The number of ether oxygens (including phenoxy) is 3. The van der Waals surface area contributed by atoms with Crippen LogP contribution in [-0.4, -0.2) is 46.6 Å². The van der Waals surface area contributed by atoms with Crippen molar-refractivity contribution >= 4 is 16.7 Å². The molecule has 0 radical (unpaired) electrons. The van der Waals surface area contributed by atoms with E-state index in [2.05, 4.69) is 20.3 Å². The Morgan fingerprint density at radius 2 is 1.90 bits per heavy atom. The number of anilines is 1. The molecule has 0 spiro atoms. The maximum absolute atomic E-state index is 5.92. The predicted molar refractivity (Wildman–Crippen MR) is 112 cm³/mol. The van der Waals surface area contributed by atoms with Crippen LogP contribution in [0.5, 0.6) is 5.88 Å². The van der Waals surface area contributed by atoms with Gasteiger partial charge in [-0.2, -0.15) is 0 Å². The van der Waals surface area contributed by atoms with Crippen LogP contribution < -0.4 is 10.1 Å². The van der Waals surface area contributed by atoms with E-state index in [9.17, 15) is 0 Å². The SMILES string of the molecule is C[C@@H](COc1cc2c(NC3CCCCCC3)ncnc2cn1)OC1CCCCO1. The molecule has 7 heteroatoms. The fourth-order valence-electron chi connectivity index (χ4n) is 4.07. The van der Waals surface area contributed by atoms with Crippen molar-refractivity contribution in [2.24, 2.45) is 0 Å². The van der Waals surface area contributed by atoms with Gasteiger partial charge in [0.25, 0.3) is 0 Å². The largest absolute Gasteiger partial charge is 0.475 e. The zero-order chi connectivity index (χ0) is 19.9. The first-order chi connectivity index (χ1) is 14.3. The van der Waals surface area contributed by atoms with E-state index >= 15 is 0 Å².